The quantitative estimate of drug-likeness (QED) is 0.258. The summed E-state index contributed by atoms with van der Waals surface area (Å²) in [6, 6.07) is 29.3. The number of nitrogens with one attached hydrogen (secondary N) is 2. The Kier molecular flexibility index (Phi) is 7.25. The van der Waals surface area contributed by atoms with Crippen LogP contribution in [0.3, 0.4) is 0 Å². The lowest BCUT2D eigenvalue weighted by atomic mass is 9.87. The zero-order valence-electron chi connectivity index (χ0n) is 23.7. The van der Waals surface area contributed by atoms with Gasteiger partial charge >= 0.3 is 0 Å². The predicted octanol–water partition coefficient (Wildman–Crippen LogP) is 5.97. The molecule has 4 aliphatic rings. The van der Waals surface area contributed by atoms with Gasteiger partial charge in [0.2, 0.25) is 5.91 Å². The molecule has 8 heteroatoms. The number of hydrogen-bond donors (Lipinski definition) is 2. The molecular weight excluding hydrogens is 540 g/mol. The molecular formula is C35H32N4O4. The number of aryl methyl sites for hydroxylation is 1. The number of fused-ring (bicyclic) bond motifs is 2. The van der Waals surface area contributed by atoms with E-state index < -0.39 is 0 Å². The number of aromatic nitrogens is 2. The van der Waals surface area contributed by atoms with Crippen LogP contribution < -0.4 is 14.8 Å². The zero-order valence-corrected chi connectivity index (χ0v) is 23.7. The third-order valence-corrected chi connectivity index (χ3v) is 8.16. The van der Waals surface area contributed by atoms with Crippen molar-refractivity contribution in [2.75, 3.05) is 19.7 Å². The number of benzene rings is 4. The van der Waals surface area contributed by atoms with Crippen LogP contribution in [0.25, 0.3) is 10.9 Å². The summed E-state index contributed by atoms with van der Waals surface area (Å²) in [7, 11) is 0. The van der Waals surface area contributed by atoms with Crippen LogP contribution in [0.5, 0.6) is 17.2 Å². The average molecular weight is 573 g/mol. The van der Waals surface area contributed by atoms with E-state index in [-0.39, 0.29) is 17.9 Å². The molecule has 0 aliphatic carbocycles. The molecule has 2 amide bonds. The van der Waals surface area contributed by atoms with Crippen molar-refractivity contribution in [1.29, 1.82) is 0 Å². The Labute approximate surface area is 249 Å². The summed E-state index contributed by atoms with van der Waals surface area (Å²) >= 11 is 0. The molecule has 0 radical (unpaired) electrons. The fraction of sp³-hybridized carbons (Fsp3) is 0.229. The van der Waals surface area contributed by atoms with E-state index >= 15 is 0 Å². The van der Waals surface area contributed by atoms with Crippen molar-refractivity contribution in [1.82, 2.24) is 20.4 Å². The van der Waals surface area contributed by atoms with Gasteiger partial charge in [0.1, 0.15) is 17.2 Å². The molecule has 216 valence electrons. The maximum Gasteiger partial charge on any atom is 0.275 e. The molecule has 2 N–H and O–H groups in total. The normalized spacial score (nSPS) is 17.1. The van der Waals surface area contributed by atoms with Gasteiger partial charge in [-0.2, -0.15) is 5.10 Å². The van der Waals surface area contributed by atoms with E-state index in [0.29, 0.717) is 51.1 Å². The van der Waals surface area contributed by atoms with Crippen LogP contribution >= 0.6 is 0 Å². The number of carbonyl (C=O) groups is 2. The Hall–Kier alpha value is -5.11. The van der Waals surface area contributed by atoms with Gasteiger partial charge in [0.25, 0.3) is 5.91 Å². The van der Waals surface area contributed by atoms with Gasteiger partial charge in [0.15, 0.2) is 5.69 Å². The van der Waals surface area contributed by atoms with Crippen molar-refractivity contribution >= 4 is 22.7 Å². The smallest absolute Gasteiger partial charge is 0.275 e. The second kappa shape index (κ2) is 11.6. The van der Waals surface area contributed by atoms with Crippen LogP contribution in [-0.2, 0) is 17.6 Å². The summed E-state index contributed by atoms with van der Waals surface area (Å²) in [5.74, 6) is 2.10. The minimum Gasteiger partial charge on any atom is -0.494 e. The van der Waals surface area contributed by atoms with Gasteiger partial charge in [-0.3, -0.25) is 14.7 Å². The van der Waals surface area contributed by atoms with Gasteiger partial charge in [0, 0.05) is 24.9 Å². The molecule has 9 rings (SSSR count). The van der Waals surface area contributed by atoms with Crippen LogP contribution in [0.15, 0.2) is 91.0 Å². The number of nitrogens with zero attached hydrogens (tertiary/aromatic N) is 2. The lowest BCUT2D eigenvalue weighted by Gasteiger charge is -2.37. The Morgan fingerprint density at radius 2 is 1.72 bits per heavy atom. The molecule has 5 aromatic rings. The number of aromatic amines is 1. The van der Waals surface area contributed by atoms with Crippen molar-refractivity contribution in [3.05, 3.63) is 119 Å². The Bertz CT molecular complexity index is 1800. The molecule has 8 nitrogen and oxygen atoms in total. The fourth-order valence-corrected chi connectivity index (χ4v) is 5.98. The van der Waals surface area contributed by atoms with Crippen LogP contribution in [0, 0.1) is 0 Å². The average Bonchev–Trinajstić information content (AvgIpc) is 3.47. The molecule has 1 atom stereocenters. The number of carbonyl (C=O) groups excluding carboxylic acids is 2. The summed E-state index contributed by atoms with van der Waals surface area (Å²) in [6.45, 7) is 1.54. The van der Waals surface area contributed by atoms with Crippen molar-refractivity contribution in [2.24, 2.45) is 0 Å². The second-order valence-corrected chi connectivity index (χ2v) is 11.0. The van der Waals surface area contributed by atoms with Crippen molar-refractivity contribution in [3.8, 4) is 17.2 Å². The first-order valence-corrected chi connectivity index (χ1v) is 14.8. The summed E-state index contributed by atoms with van der Waals surface area (Å²) in [5, 5.41) is 11.2. The molecule has 4 aliphatic heterocycles. The van der Waals surface area contributed by atoms with Crippen molar-refractivity contribution in [2.45, 2.75) is 31.7 Å². The summed E-state index contributed by atoms with van der Waals surface area (Å²) in [4.78, 5) is 28.4. The lowest BCUT2D eigenvalue weighted by Crippen LogP contribution is -2.40. The molecule has 0 saturated carbocycles. The van der Waals surface area contributed by atoms with E-state index in [1.807, 2.05) is 83.8 Å². The van der Waals surface area contributed by atoms with E-state index in [1.165, 1.54) is 0 Å². The summed E-state index contributed by atoms with van der Waals surface area (Å²) in [5.41, 5.74) is 5.47. The number of H-pyrrole nitrogens is 1. The number of para-hydroxylation sites is 1. The molecule has 1 unspecified atom stereocenters. The Morgan fingerprint density at radius 3 is 2.63 bits per heavy atom. The third kappa shape index (κ3) is 5.56. The van der Waals surface area contributed by atoms with Crippen LogP contribution in [-0.4, -0.2) is 46.6 Å². The van der Waals surface area contributed by atoms with E-state index in [2.05, 4.69) is 27.6 Å². The van der Waals surface area contributed by atoms with E-state index in [4.69, 9.17) is 9.47 Å². The monoisotopic (exact) mass is 572 g/mol. The number of ether oxygens (including phenoxy) is 2. The summed E-state index contributed by atoms with van der Waals surface area (Å²) < 4.78 is 12.3. The van der Waals surface area contributed by atoms with Gasteiger partial charge < -0.3 is 19.7 Å². The van der Waals surface area contributed by atoms with Gasteiger partial charge in [-0.25, -0.2) is 0 Å². The minimum atomic E-state index is -0.336. The van der Waals surface area contributed by atoms with Crippen LogP contribution in [0.2, 0.25) is 0 Å². The molecule has 5 heterocycles. The number of rotatable bonds is 1. The molecule has 0 fully saturated rings. The maximum absolute atomic E-state index is 14.1. The Balaban J connectivity index is 1.27. The highest BCUT2D eigenvalue weighted by molar-refractivity contribution is 6.05. The van der Waals surface area contributed by atoms with Gasteiger partial charge in [-0.1, -0.05) is 48.5 Å². The zero-order chi connectivity index (χ0) is 29.2. The van der Waals surface area contributed by atoms with E-state index in [1.54, 1.807) is 0 Å². The van der Waals surface area contributed by atoms with Crippen molar-refractivity contribution in [3.63, 3.8) is 0 Å². The highest BCUT2D eigenvalue weighted by atomic mass is 16.5. The second-order valence-electron chi connectivity index (χ2n) is 11.0. The van der Waals surface area contributed by atoms with Gasteiger partial charge in [-0.05, 0) is 84.0 Å². The third-order valence-electron chi connectivity index (χ3n) is 8.16. The molecule has 1 aromatic heterocycles. The predicted molar refractivity (Wildman–Crippen MR) is 164 cm³/mol. The first kappa shape index (κ1) is 26.8. The van der Waals surface area contributed by atoms with Crippen LogP contribution in [0.1, 0.15) is 51.6 Å². The molecule has 0 spiro atoms. The minimum absolute atomic E-state index is 0.0243. The van der Waals surface area contributed by atoms with E-state index in [0.717, 1.165) is 50.4 Å². The first-order chi connectivity index (χ1) is 21.1. The maximum atomic E-state index is 14.1. The largest absolute Gasteiger partial charge is 0.494 e. The van der Waals surface area contributed by atoms with Crippen LogP contribution in [0.4, 0.5) is 0 Å². The van der Waals surface area contributed by atoms with Crippen molar-refractivity contribution < 1.29 is 19.1 Å². The van der Waals surface area contributed by atoms with Gasteiger partial charge in [-0.15, -0.1) is 0 Å². The highest BCUT2D eigenvalue weighted by Gasteiger charge is 2.34. The lowest BCUT2D eigenvalue weighted by molar-refractivity contribution is -0.121. The Morgan fingerprint density at radius 1 is 0.860 bits per heavy atom. The molecule has 0 saturated heterocycles. The SMILES string of the molecule is O=C1CCc2ccc(cc2)Oc2ccc3c(c2)CCN(C(=O)c2n[nH]c4ccccc24)C3c2cccc(c2)OCCCN1. The number of amides is 2. The molecule has 4 aromatic carbocycles. The van der Waals surface area contributed by atoms with Gasteiger partial charge in [0.05, 0.1) is 18.2 Å². The highest BCUT2D eigenvalue weighted by Crippen LogP contribution is 2.39. The molecule has 43 heavy (non-hydrogen) atoms. The first-order valence-electron chi connectivity index (χ1n) is 14.8. The molecule has 8 bridgehead atoms. The standard InChI is InChI=1S/C35H32N4O4/c40-32-16-11-23-9-12-26(13-10-23)43-28-14-15-29-24(21-28)17-19-39(35(41)33-30-7-1-2-8-31(30)37-38-33)34(29)25-5-3-6-27(22-25)42-20-4-18-36-32/h1-3,5-10,12-15,21-22,34H,4,11,16-20H2,(H,36,40)(H,37,38). The fourth-order valence-electron chi connectivity index (χ4n) is 5.98. The topological polar surface area (TPSA) is 96.5 Å². The summed E-state index contributed by atoms with van der Waals surface area (Å²) in [6.07, 6.45) is 2.47. The van der Waals surface area contributed by atoms with E-state index in [9.17, 15) is 9.59 Å². The number of hydrogen-bond acceptors (Lipinski definition) is 5.